The lowest BCUT2D eigenvalue weighted by Gasteiger charge is -2.45. The Morgan fingerprint density at radius 1 is 1.29 bits per heavy atom. The molecule has 1 unspecified atom stereocenters. The summed E-state index contributed by atoms with van der Waals surface area (Å²) in [6.45, 7) is 4.55. The summed E-state index contributed by atoms with van der Waals surface area (Å²) >= 11 is 3.58. The van der Waals surface area contributed by atoms with E-state index in [0.29, 0.717) is 6.04 Å². The summed E-state index contributed by atoms with van der Waals surface area (Å²) in [5.74, 6) is 0.879. The van der Waals surface area contributed by atoms with Gasteiger partial charge in [0, 0.05) is 11.6 Å². The van der Waals surface area contributed by atoms with Gasteiger partial charge in [-0.1, -0.05) is 19.9 Å². The molecule has 1 atom stereocenters. The Kier molecular flexibility index (Phi) is 7.17. The first-order chi connectivity index (χ1) is 9.94. The number of halogens is 1. The van der Waals surface area contributed by atoms with E-state index in [1.165, 1.54) is 5.56 Å². The van der Waals surface area contributed by atoms with E-state index in [4.69, 9.17) is 4.74 Å². The summed E-state index contributed by atoms with van der Waals surface area (Å²) in [6.07, 6.45) is 3.25. The Morgan fingerprint density at radius 3 is 2.29 bits per heavy atom. The highest BCUT2D eigenvalue weighted by Gasteiger charge is 2.36. The van der Waals surface area contributed by atoms with Crippen molar-refractivity contribution in [2.75, 3.05) is 28.3 Å². The number of benzene rings is 1. The minimum Gasteiger partial charge on any atom is -0.496 e. The first-order valence-corrected chi connectivity index (χ1v) is 8.41. The average molecular weight is 357 g/mol. The molecule has 4 heteroatoms. The largest absolute Gasteiger partial charge is 0.496 e. The number of hydrogen-bond acceptors (Lipinski definition) is 3. The molecule has 21 heavy (non-hydrogen) atoms. The van der Waals surface area contributed by atoms with Gasteiger partial charge >= 0.3 is 0 Å². The molecule has 0 radical (unpaired) electrons. The third-order valence-electron chi connectivity index (χ3n) is 4.77. The maximum absolute atomic E-state index is 5.31. The standard InChI is InChI=1S/C17H29BrN2O/c1-7-17(8-2,20(4)5)16(19-3)12-13-9-10-15(21-6)14(18)11-13/h9-11,16,19H,7-8,12H2,1-6H3. The zero-order valence-electron chi connectivity index (χ0n) is 14.2. The van der Waals surface area contributed by atoms with E-state index in [1.54, 1.807) is 7.11 Å². The van der Waals surface area contributed by atoms with Crippen LogP contribution in [0.2, 0.25) is 0 Å². The highest BCUT2D eigenvalue weighted by Crippen LogP contribution is 2.30. The molecule has 0 heterocycles. The van der Waals surface area contributed by atoms with Crippen molar-refractivity contribution in [1.29, 1.82) is 0 Å². The molecule has 0 aliphatic carbocycles. The van der Waals surface area contributed by atoms with Crippen LogP contribution in [0.15, 0.2) is 22.7 Å². The molecular weight excluding hydrogens is 328 g/mol. The number of rotatable bonds is 8. The van der Waals surface area contributed by atoms with Crippen LogP contribution in [0.5, 0.6) is 5.75 Å². The molecule has 120 valence electrons. The van der Waals surface area contributed by atoms with Gasteiger partial charge < -0.3 is 15.0 Å². The highest BCUT2D eigenvalue weighted by molar-refractivity contribution is 9.10. The molecule has 0 aliphatic heterocycles. The van der Waals surface area contributed by atoms with Crippen LogP contribution in [0.1, 0.15) is 32.3 Å². The molecule has 0 aliphatic rings. The van der Waals surface area contributed by atoms with Crippen LogP contribution >= 0.6 is 15.9 Å². The lowest BCUT2D eigenvalue weighted by atomic mass is 9.80. The van der Waals surface area contributed by atoms with E-state index in [0.717, 1.165) is 29.5 Å². The van der Waals surface area contributed by atoms with Crippen molar-refractivity contribution in [3.63, 3.8) is 0 Å². The molecule has 0 saturated carbocycles. The molecule has 0 fully saturated rings. The Balaban J connectivity index is 3.03. The molecule has 0 saturated heterocycles. The van der Waals surface area contributed by atoms with Crippen LogP contribution in [0, 0.1) is 0 Å². The summed E-state index contributed by atoms with van der Waals surface area (Å²) in [5.41, 5.74) is 1.48. The maximum atomic E-state index is 5.31. The second kappa shape index (κ2) is 8.16. The lowest BCUT2D eigenvalue weighted by Crippen LogP contribution is -2.58. The Bertz CT molecular complexity index is 444. The number of ether oxygens (including phenoxy) is 1. The SMILES string of the molecule is CCC(CC)(C(Cc1ccc(OC)c(Br)c1)NC)N(C)C. The maximum Gasteiger partial charge on any atom is 0.133 e. The fourth-order valence-corrected chi connectivity index (χ4v) is 3.91. The summed E-state index contributed by atoms with van der Waals surface area (Å²) < 4.78 is 6.32. The van der Waals surface area contributed by atoms with E-state index < -0.39 is 0 Å². The Labute approximate surface area is 138 Å². The quantitative estimate of drug-likeness (QED) is 0.768. The van der Waals surface area contributed by atoms with Crippen LogP contribution in [-0.4, -0.2) is 44.7 Å². The van der Waals surface area contributed by atoms with Crippen LogP contribution in [-0.2, 0) is 6.42 Å². The van der Waals surface area contributed by atoms with Crippen molar-refractivity contribution >= 4 is 15.9 Å². The number of likely N-dealkylation sites (N-methyl/N-ethyl adjacent to an activating group) is 2. The third-order valence-corrected chi connectivity index (χ3v) is 5.39. The molecule has 1 rings (SSSR count). The van der Waals surface area contributed by atoms with Gasteiger partial charge in [-0.2, -0.15) is 0 Å². The predicted molar refractivity (Wildman–Crippen MR) is 94.2 cm³/mol. The molecule has 1 aromatic rings. The normalized spacial score (nSPS) is 13.5. The molecule has 0 bridgehead atoms. The zero-order valence-corrected chi connectivity index (χ0v) is 15.8. The van der Waals surface area contributed by atoms with E-state index in [9.17, 15) is 0 Å². The minimum absolute atomic E-state index is 0.168. The Morgan fingerprint density at radius 2 is 1.90 bits per heavy atom. The van der Waals surface area contributed by atoms with Crippen molar-refractivity contribution in [3.8, 4) is 5.75 Å². The average Bonchev–Trinajstić information content (AvgIpc) is 2.47. The molecule has 1 N–H and O–H groups in total. The van der Waals surface area contributed by atoms with E-state index in [2.05, 4.69) is 73.3 Å². The van der Waals surface area contributed by atoms with Crippen molar-refractivity contribution in [1.82, 2.24) is 10.2 Å². The van der Waals surface area contributed by atoms with Gasteiger partial charge in [-0.15, -0.1) is 0 Å². The van der Waals surface area contributed by atoms with Gasteiger partial charge in [-0.25, -0.2) is 0 Å². The van der Waals surface area contributed by atoms with Crippen molar-refractivity contribution in [2.45, 2.75) is 44.7 Å². The molecular formula is C17H29BrN2O. The first-order valence-electron chi connectivity index (χ1n) is 7.62. The molecule has 0 amide bonds. The second-order valence-corrected chi connectivity index (χ2v) is 6.57. The minimum atomic E-state index is 0.168. The number of hydrogen-bond donors (Lipinski definition) is 1. The summed E-state index contributed by atoms with van der Waals surface area (Å²) in [4.78, 5) is 2.37. The Hall–Kier alpha value is -0.580. The van der Waals surface area contributed by atoms with E-state index in [1.807, 2.05) is 6.07 Å². The van der Waals surface area contributed by atoms with Gasteiger partial charge in [0.15, 0.2) is 0 Å². The predicted octanol–water partition coefficient (Wildman–Crippen LogP) is 3.71. The molecule has 3 nitrogen and oxygen atoms in total. The second-order valence-electron chi connectivity index (χ2n) is 5.72. The monoisotopic (exact) mass is 356 g/mol. The van der Waals surface area contributed by atoms with E-state index in [-0.39, 0.29) is 5.54 Å². The summed E-state index contributed by atoms with van der Waals surface area (Å²) in [5, 5.41) is 3.53. The first kappa shape index (κ1) is 18.5. The zero-order chi connectivity index (χ0) is 16.0. The van der Waals surface area contributed by atoms with Crippen LogP contribution in [0.4, 0.5) is 0 Å². The smallest absolute Gasteiger partial charge is 0.133 e. The van der Waals surface area contributed by atoms with Crippen LogP contribution < -0.4 is 10.1 Å². The van der Waals surface area contributed by atoms with Crippen molar-refractivity contribution in [2.24, 2.45) is 0 Å². The van der Waals surface area contributed by atoms with Crippen molar-refractivity contribution in [3.05, 3.63) is 28.2 Å². The van der Waals surface area contributed by atoms with Crippen LogP contribution in [0.25, 0.3) is 0 Å². The highest BCUT2D eigenvalue weighted by atomic mass is 79.9. The number of nitrogens with one attached hydrogen (secondary N) is 1. The van der Waals surface area contributed by atoms with Gasteiger partial charge in [0.05, 0.1) is 11.6 Å². The molecule has 0 spiro atoms. The fraction of sp³-hybridized carbons (Fsp3) is 0.647. The third kappa shape index (κ3) is 3.99. The lowest BCUT2D eigenvalue weighted by molar-refractivity contribution is 0.0917. The number of methoxy groups -OCH3 is 1. The van der Waals surface area contributed by atoms with Gasteiger partial charge in [-0.3, -0.25) is 0 Å². The van der Waals surface area contributed by atoms with Gasteiger partial charge in [0.2, 0.25) is 0 Å². The van der Waals surface area contributed by atoms with Gasteiger partial charge in [-0.05, 0) is 74.0 Å². The topological polar surface area (TPSA) is 24.5 Å². The van der Waals surface area contributed by atoms with Crippen molar-refractivity contribution < 1.29 is 4.74 Å². The van der Waals surface area contributed by atoms with Gasteiger partial charge in [0.1, 0.15) is 5.75 Å². The van der Waals surface area contributed by atoms with E-state index >= 15 is 0 Å². The fourth-order valence-electron chi connectivity index (χ4n) is 3.32. The molecule has 1 aromatic carbocycles. The summed E-state index contributed by atoms with van der Waals surface area (Å²) in [7, 11) is 8.12. The van der Waals surface area contributed by atoms with Crippen LogP contribution in [0.3, 0.4) is 0 Å². The number of nitrogens with zero attached hydrogens (tertiary/aromatic N) is 1. The van der Waals surface area contributed by atoms with Gasteiger partial charge in [0.25, 0.3) is 0 Å². The summed E-state index contributed by atoms with van der Waals surface area (Å²) in [6, 6.07) is 6.75. The molecule has 0 aromatic heterocycles.